The number of nitrogens with one attached hydrogen (secondary N) is 2. The van der Waals surface area contributed by atoms with Gasteiger partial charge in [-0.3, -0.25) is 4.79 Å². The van der Waals surface area contributed by atoms with Crippen LogP contribution in [0.5, 0.6) is 11.5 Å². The first-order valence-corrected chi connectivity index (χ1v) is 12.2. The molecule has 1 saturated heterocycles. The number of hydrogen-bond donors (Lipinski definition) is 4. The van der Waals surface area contributed by atoms with Gasteiger partial charge in [-0.25, -0.2) is 4.79 Å². The van der Waals surface area contributed by atoms with Gasteiger partial charge in [0.05, 0.1) is 16.5 Å². The quantitative estimate of drug-likeness (QED) is 0.210. The fourth-order valence-electron chi connectivity index (χ4n) is 4.12. The predicted molar refractivity (Wildman–Crippen MR) is 148 cm³/mol. The summed E-state index contributed by atoms with van der Waals surface area (Å²) in [4.78, 5) is 26.2. The summed E-state index contributed by atoms with van der Waals surface area (Å²) in [5.74, 6) is -0.600. The molecule has 4 rings (SSSR count). The van der Waals surface area contributed by atoms with E-state index in [2.05, 4.69) is 10.6 Å². The van der Waals surface area contributed by atoms with Crippen molar-refractivity contribution in [3.63, 3.8) is 0 Å². The molecule has 0 unspecified atom stereocenters. The standard InChI is InChI=1S/C28H28N2O5S.ClH/c1-17-4-13-24(32)22(15-17)26(36)18-5-7-20(8-6-18)28(34)35-25-3-2-14-29-16-23(25)30-27(33)19-9-11-21(31)12-10-19;/h4-13,15,23,25,29,31-32H,2-3,14,16H2,1H3,(H,30,33);1H/t23-,25-;/m1./s1. The Bertz CT molecular complexity index is 1260. The monoisotopic (exact) mass is 540 g/mol. The van der Waals surface area contributed by atoms with Crippen molar-refractivity contribution < 1.29 is 24.5 Å². The van der Waals surface area contributed by atoms with Crippen LogP contribution in [0.4, 0.5) is 0 Å². The summed E-state index contributed by atoms with van der Waals surface area (Å²) in [6.45, 7) is 3.15. The molecule has 2 atom stereocenters. The molecule has 0 aliphatic carbocycles. The zero-order chi connectivity index (χ0) is 25.7. The maximum absolute atomic E-state index is 13.0. The first kappa shape index (κ1) is 28.1. The molecule has 37 heavy (non-hydrogen) atoms. The van der Waals surface area contributed by atoms with Crippen molar-refractivity contribution >= 4 is 41.4 Å². The summed E-state index contributed by atoms with van der Waals surface area (Å²) in [5, 5.41) is 25.9. The van der Waals surface area contributed by atoms with Gasteiger partial charge in [-0.15, -0.1) is 12.4 Å². The zero-order valence-electron chi connectivity index (χ0n) is 20.3. The van der Waals surface area contributed by atoms with E-state index in [-0.39, 0.29) is 29.8 Å². The molecule has 3 aromatic rings. The van der Waals surface area contributed by atoms with Crippen LogP contribution < -0.4 is 10.6 Å². The number of benzene rings is 3. The highest BCUT2D eigenvalue weighted by Gasteiger charge is 2.29. The van der Waals surface area contributed by atoms with E-state index < -0.39 is 18.1 Å². The van der Waals surface area contributed by atoms with Crippen LogP contribution in [0.2, 0.25) is 0 Å². The summed E-state index contributed by atoms with van der Waals surface area (Å²) in [6.07, 6.45) is 0.906. The number of carbonyl (C=O) groups is 2. The Kier molecular flexibility index (Phi) is 9.63. The minimum Gasteiger partial charge on any atom is -0.508 e. The van der Waals surface area contributed by atoms with Gasteiger partial charge in [-0.1, -0.05) is 36.0 Å². The van der Waals surface area contributed by atoms with Crippen LogP contribution in [0.15, 0.2) is 66.7 Å². The Labute approximate surface area is 227 Å². The van der Waals surface area contributed by atoms with Crippen LogP contribution in [0.3, 0.4) is 0 Å². The number of carbonyl (C=O) groups excluding carboxylic acids is 2. The molecule has 0 saturated carbocycles. The normalized spacial score (nSPS) is 17.1. The maximum atomic E-state index is 13.0. The molecule has 194 valence electrons. The highest BCUT2D eigenvalue weighted by atomic mass is 35.5. The number of rotatable bonds is 6. The lowest BCUT2D eigenvalue weighted by Gasteiger charge is -2.26. The van der Waals surface area contributed by atoms with E-state index in [1.54, 1.807) is 30.3 Å². The van der Waals surface area contributed by atoms with Crippen LogP contribution in [0.25, 0.3) is 0 Å². The van der Waals surface area contributed by atoms with Gasteiger partial charge in [0, 0.05) is 17.7 Å². The first-order chi connectivity index (χ1) is 17.3. The Balaban J connectivity index is 0.00000380. The third kappa shape index (κ3) is 7.07. The first-order valence-electron chi connectivity index (χ1n) is 11.8. The molecule has 0 aromatic heterocycles. The minimum atomic E-state index is -0.501. The number of halogens is 1. The molecule has 1 aliphatic rings. The van der Waals surface area contributed by atoms with E-state index in [0.717, 1.165) is 18.5 Å². The van der Waals surface area contributed by atoms with Crippen molar-refractivity contribution in [2.45, 2.75) is 31.9 Å². The van der Waals surface area contributed by atoms with Gasteiger partial charge in [0.15, 0.2) is 0 Å². The summed E-state index contributed by atoms with van der Waals surface area (Å²) < 4.78 is 5.84. The minimum absolute atomic E-state index is 0. The van der Waals surface area contributed by atoms with E-state index in [1.165, 1.54) is 24.3 Å². The summed E-state index contributed by atoms with van der Waals surface area (Å²) >= 11 is 5.55. The molecule has 0 spiro atoms. The Hall–Kier alpha value is -3.46. The SMILES string of the molecule is Cc1ccc(O)c(C(=S)c2ccc(C(=O)O[C@@H]3CCCNC[C@H]3NC(=O)c3ccc(O)cc3)cc2)c1.Cl. The second-order valence-electron chi connectivity index (χ2n) is 8.84. The predicted octanol–water partition coefficient (Wildman–Crippen LogP) is 4.30. The van der Waals surface area contributed by atoms with Crippen molar-refractivity contribution in [1.29, 1.82) is 0 Å². The van der Waals surface area contributed by atoms with Crippen molar-refractivity contribution in [2.75, 3.05) is 13.1 Å². The molecule has 3 aromatic carbocycles. The van der Waals surface area contributed by atoms with Crippen molar-refractivity contribution in [3.8, 4) is 11.5 Å². The molecule has 1 amide bonds. The van der Waals surface area contributed by atoms with Crippen LogP contribution >= 0.6 is 24.6 Å². The molecule has 9 heteroatoms. The third-order valence-electron chi connectivity index (χ3n) is 6.14. The van der Waals surface area contributed by atoms with Gasteiger partial charge >= 0.3 is 5.97 Å². The lowest BCUT2D eigenvalue weighted by Crippen LogP contribution is -2.49. The number of hydrogen-bond acceptors (Lipinski definition) is 7. The number of aromatic hydroxyl groups is 2. The molecular formula is C28H29ClN2O5S. The van der Waals surface area contributed by atoms with E-state index in [0.29, 0.717) is 40.1 Å². The number of amides is 1. The third-order valence-corrected chi connectivity index (χ3v) is 6.59. The topological polar surface area (TPSA) is 108 Å². The van der Waals surface area contributed by atoms with Gasteiger partial charge in [-0.2, -0.15) is 0 Å². The average Bonchev–Trinajstić information content (AvgIpc) is 3.10. The lowest BCUT2D eigenvalue weighted by molar-refractivity contribution is 0.0192. The number of aryl methyl sites for hydroxylation is 1. The summed E-state index contributed by atoms with van der Waals surface area (Å²) in [6, 6.07) is 17.6. The second kappa shape index (κ2) is 12.7. The number of esters is 1. The van der Waals surface area contributed by atoms with Gasteiger partial charge in [-0.05, 0) is 80.4 Å². The molecule has 0 bridgehead atoms. The van der Waals surface area contributed by atoms with Crippen LogP contribution in [-0.2, 0) is 4.74 Å². The number of ether oxygens (including phenoxy) is 1. The molecule has 1 heterocycles. The molecule has 4 N–H and O–H groups in total. The summed E-state index contributed by atoms with van der Waals surface area (Å²) in [5.41, 5.74) is 3.04. The van der Waals surface area contributed by atoms with Gasteiger partial charge in [0.1, 0.15) is 17.6 Å². The zero-order valence-corrected chi connectivity index (χ0v) is 21.9. The Morgan fingerprint density at radius 1 is 0.973 bits per heavy atom. The molecule has 1 fully saturated rings. The van der Waals surface area contributed by atoms with Gasteiger partial charge < -0.3 is 25.6 Å². The van der Waals surface area contributed by atoms with Crippen molar-refractivity contribution in [1.82, 2.24) is 10.6 Å². The average molecular weight is 541 g/mol. The van der Waals surface area contributed by atoms with Crippen LogP contribution in [0, 0.1) is 6.92 Å². The second-order valence-corrected chi connectivity index (χ2v) is 9.25. The number of phenolic OH excluding ortho intramolecular Hbond substituents is 2. The summed E-state index contributed by atoms with van der Waals surface area (Å²) in [7, 11) is 0. The van der Waals surface area contributed by atoms with E-state index in [4.69, 9.17) is 17.0 Å². The molecular weight excluding hydrogens is 512 g/mol. The van der Waals surface area contributed by atoms with E-state index in [1.807, 2.05) is 19.1 Å². The number of phenols is 2. The highest BCUT2D eigenvalue weighted by Crippen LogP contribution is 2.23. The van der Waals surface area contributed by atoms with Gasteiger partial charge in [0.25, 0.3) is 5.91 Å². The molecule has 7 nitrogen and oxygen atoms in total. The van der Waals surface area contributed by atoms with Gasteiger partial charge in [0.2, 0.25) is 0 Å². The van der Waals surface area contributed by atoms with E-state index >= 15 is 0 Å². The molecule has 1 aliphatic heterocycles. The van der Waals surface area contributed by atoms with Crippen LogP contribution in [-0.4, -0.2) is 52.2 Å². The van der Waals surface area contributed by atoms with Crippen LogP contribution in [0.1, 0.15) is 50.2 Å². The molecule has 0 radical (unpaired) electrons. The largest absolute Gasteiger partial charge is 0.508 e. The Morgan fingerprint density at radius 2 is 1.62 bits per heavy atom. The smallest absolute Gasteiger partial charge is 0.338 e. The number of thiocarbonyl (C=S) groups is 1. The maximum Gasteiger partial charge on any atom is 0.338 e. The highest BCUT2D eigenvalue weighted by molar-refractivity contribution is 7.81. The fourth-order valence-corrected chi connectivity index (χ4v) is 4.42. The van der Waals surface area contributed by atoms with Crippen molar-refractivity contribution in [2.24, 2.45) is 0 Å². The van der Waals surface area contributed by atoms with Crippen molar-refractivity contribution in [3.05, 3.63) is 94.5 Å². The fraction of sp³-hybridized carbons (Fsp3) is 0.250. The van der Waals surface area contributed by atoms with E-state index in [9.17, 15) is 19.8 Å². The Morgan fingerprint density at radius 3 is 2.32 bits per heavy atom. The lowest BCUT2D eigenvalue weighted by atomic mass is 10.0.